The number of benzene rings is 1. The van der Waals surface area contributed by atoms with Crippen molar-refractivity contribution >= 4 is 5.78 Å². The predicted molar refractivity (Wildman–Crippen MR) is 74.9 cm³/mol. The normalized spacial score (nSPS) is 21.6. The molecule has 1 aliphatic carbocycles. The third-order valence-corrected chi connectivity index (χ3v) is 3.98. The van der Waals surface area contributed by atoms with Crippen LogP contribution in [0.2, 0.25) is 0 Å². The number of aromatic nitrogens is 1. The van der Waals surface area contributed by atoms with Crippen LogP contribution in [0.4, 0.5) is 13.2 Å². The Morgan fingerprint density at radius 2 is 1.83 bits per heavy atom. The summed E-state index contributed by atoms with van der Waals surface area (Å²) in [6.45, 7) is 0. The number of ketones is 1. The van der Waals surface area contributed by atoms with Gasteiger partial charge in [0.2, 0.25) is 0 Å². The largest absolute Gasteiger partial charge is 0.433 e. The van der Waals surface area contributed by atoms with Crippen LogP contribution in [0.5, 0.6) is 0 Å². The molecule has 0 aliphatic heterocycles. The molecule has 0 radical (unpaired) electrons. The van der Waals surface area contributed by atoms with Crippen LogP contribution in [0.1, 0.15) is 39.5 Å². The molecule has 0 saturated heterocycles. The molecule has 1 aromatic carbocycles. The first kappa shape index (κ1) is 16.6. The van der Waals surface area contributed by atoms with Crippen LogP contribution in [0.15, 0.2) is 42.5 Å². The monoisotopic (exact) mass is 339 g/mol. The SMILES string of the molecule is O=C1c2ccccc2C(O)C1C(OO)c1cccc(C(F)(F)F)n1. The summed E-state index contributed by atoms with van der Waals surface area (Å²) in [7, 11) is 0. The molecular weight excluding hydrogens is 327 g/mol. The Morgan fingerprint density at radius 3 is 2.46 bits per heavy atom. The van der Waals surface area contributed by atoms with Crippen LogP contribution < -0.4 is 0 Å². The quantitative estimate of drug-likeness (QED) is 0.663. The molecular formula is C16H12F3NO4. The topological polar surface area (TPSA) is 79.7 Å². The molecule has 2 aromatic rings. The van der Waals surface area contributed by atoms with Gasteiger partial charge in [0.15, 0.2) is 5.78 Å². The standard InChI is InChI=1S/C16H12F3NO4/c17-16(18,19)11-7-3-6-10(20-11)15(24-23)12-13(21)8-4-1-2-5-9(8)14(12)22/h1-7,12-13,15,21,23H. The molecule has 0 spiro atoms. The van der Waals surface area contributed by atoms with Gasteiger partial charge in [0.1, 0.15) is 11.8 Å². The summed E-state index contributed by atoms with van der Waals surface area (Å²) >= 11 is 0. The first-order valence-corrected chi connectivity index (χ1v) is 7.00. The van der Waals surface area contributed by atoms with Crippen molar-refractivity contribution in [3.05, 3.63) is 65.0 Å². The van der Waals surface area contributed by atoms with Crippen molar-refractivity contribution in [2.45, 2.75) is 18.4 Å². The summed E-state index contributed by atoms with van der Waals surface area (Å²) < 4.78 is 38.4. The predicted octanol–water partition coefficient (Wildman–Crippen LogP) is 3.18. The number of halogens is 3. The summed E-state index contributed by atoms with van der Waals surface area (Å²) in [4.78, 5) is 20.1. The minimum absolute atomic E-state index is 0.240. The number of hydrogen-bond donors (Lipinski definition) is 2. The number of nitrogens with zero attached hydrogens (tertiary/aromatic N) is 1. The lowest BCUT2D eigenvalue weighted by atomic mass is 9.93. The molecule has 2 N–H and O–H groups in total. The van der Waals surface area contributed by atoms with Crippen LogP contribution >= 0.6 is 0 Å². The Hall–Kier alpha value is -2.29. The Bertz CT molecular complexity index is 778. The second-order valence-corrected chi connectivity index (χ2v) is 5.39. The van der Waals surface area contributed by atoms with Gasteiger partial charge < -0.3 is 5.11 Å². The van der Waals surface area contributed by atoms with E-state index in [1.165, 1.54) is 18.2 Å². The Balaban J connectivity index is 2.01. The highest BCUT2D eigenvalue weighted by molar-refractivity contribution is 6.03. The molecule has 0 amide bonds. The van der Waals surface area contributed by atoms with E-state index in [2.05, 4.69) is 9.87 Å². The summed E-state index contributed by atoms with van der Waals surface area (Å²) in [5.41, 5.74) is -0.900. The van der Waals surface area contributed by atoms with Crippen LogP contribution in [0, 0.1) is 5.92 Å². The number of rotatable bonds is 3. The molecule has 126 valence electrons. The van der Waals surface area contributed by atoms with Gasteiger partial charge in [-0.1, -0.05) is 30.3 Å². The van der Waals surface area contributed by atoms with Crippen LogP contribution in [0.3, 0.4) is 0 Å². The first-order valence-electron chi connectivity index (χ1n) is 7.00. The minimum Gasteiger partial charge on any atom is -0.388 e. The maximum absolute atomic E-state index is 12.8. The molecule has 0 saturated carbocycles. The van der Waals surface area contributed by atoms with E-state index in [9.17, 15) is 23.1 Å². The van der Waals surface area contributed by atoms with Gasteiger partial charge in [-0.15, -0.1) is 0 Å². The van der Waals surface area contributed by atoms with E-state index < -0.39 is 35.8 Å². The number of hydrogen-bond acceptors (Lipinski definition) is 5. The fourth-order valence-electron chi connectivity index (χ4n) is 2.87. The van der Waals surface area contributed by atoms with Crippen LogP contribution in [-0.4, -0.2) is 21.1 Å². The minimum atomic E-state index is -4.68. The number of aliphatic hydroxyl groups is 1. The second-order valence-electron chi connectivity index (χ2n) is 5.39. The summed E-state index contributed by atoms with van der Waals surface area (Å²) in [6.07, 6.45) is -7.53. The number of carbonyl (C=O) groups is 1. The zero-order valence-electron chi connectivity index (χ0n) is 12.1. The molecule has 3 rings (SSSR count). The van der Waals surface area contributed by atoms with E-state index in [-0.39, 0.29) is 11.3 Å². The highest BCUT2D eigenvalue weighted by atomic mass is 19.4. The van der Waals surface area contributed by atoms with E-state index in [0.717, 1.165) is 12.1 Å². The van der Waals surface area contributed by atoms with Crippen molar-refractivity contribution in [3.63, 3.8) is 0 Å². The maximum atomic E-state index is 12.8. The number of Topliss-reactive ketones (excluding diaryl/α,β-unsaturated/α-hetero) is 1. The zero-order chi connectivity index (χ0) is 17.5. The Labute approximate surface area is 134 Å². The fraction of sp³-hybridized carbons (Fsp3) is 0.250. The molecule has 3 atom stereocenters. The van der Waals surface area contributed by atoms with E-state index in [0.29, 0.717) is 5.56 Å². The lowest BCUT2D eigenvalue weighted by molar-refractivity contribution is -0.295. The highest BCUT2D eigenvalue weighted by Gasteiger charge is 2.46. The smallest absolute Gasteiger partial charge is 0.388 e. The number of pyridine rings is 1. The van der Waals surface area contributed by atoms with Gasteiger partial charge in [0.25, 0.3) is 0 Å². The number of carbonyl (C=O) groups excluding carboxylic acids is 1. The summed E-state index contributed by atoms with van der Waals surface area (Å²) in [5.74, 6) is -1.82. The molecule has 1 aliphatic rings. The van der Waals surface area contributed by atoms with Crippen LogP contribution in [-0.2, 0) is 11.1 Å². The van der Waals surface area contributed by atoms with Gasteiger partial charge in [0.05, 0.1) is 17.7 Å². The molecule has 3 unspecified atom stereocenters. The Morgan fingerprint density at radius 1 is 1.12 bits per heavy atom. The Kier molecular flexibility index (Phi) is 4.12. The lowest BCUT2D eigenvalue weighted by Gasteiger charge is -2.22. The molecule has 0 fully saturated rings. The number of alkyl halides is 3. The van der Waals surface area contributed by atoms with E-state index in [1.54, 1.807) is 12.1 Å². The van der Waals surface area contributed by atoms with Gasteiger partial charge in [0, 0.05) is 5.56 Å². The molecule has 0 bridgehead atoms. The second kappa shape index (κ2) is 5.97. The van der Waals surface area contributed by atoms with E-state index in [4.69, 9.17) is 5.26 Å². The average molecular weight is 339 g/mol. The average Bonchev–Trinajstić information content (AvgIpc) is 2.81. The van der Waals surface area contributed by atoms with Crippen molar-refractivity contribution < 1.29 is 33.2 Å². The van der Waals surface area contributed by atoms with Gasteiger partial charge in [-0.25, -0.2) is 9.87 Å². The fourth-order valence-corrected chi connectivity index (χ4v) is 2.87. The van der Waals surface area contributed by atoms with E-state index in [1.807, 2.05) is 0 Å². The van der Waals surface area contributed by atoms with Crippen molar-refractivity contribution in [2.24, 2.45) is 5.92 Å². The van der Waals surface area contributed by atoms with Gasteiger partial charge in [-0.3, -0.25) is 10.1 Å². The van der Waals surface area contributed by atoms with E-state index >= 15 is 0 Å². The maximum Gasteiger partial charge on any atom is 0.433 e. The first-order chi connectivity index (χ1) is 11.3. The van der Waals surface area contributed by atoms with Crippen molar-refractivity contribution in [2.75, 3.05) is 0 Å². The molecule has 1 heterocycles. The third kappa shape index (κ3) is 2.68. The van der Waals surface area contributed by atoms with Gasteiger partial charge in [-0.2, -0.15) is 13.2 Å². The summed E-state index contributed by atoms with van der Waals surface area (Å²) in [5, 5.41) is 19.5. The van der Waals surface area contributed by atoms with Crippen molar-refractivity contribution in [1.29, 1.82) is 0 Å². The van der Waals surface area contributed by atoms with Crippen LogP contribution in [0.25, 0.3) is 0 Å². The number of aliphatic hydroxyl groups excluding tert-OH is 1. The summed E-state index contributed by atoms with van der Waals surface area (Å²) in [6, 6.07) is 9.30. The molecule has 1 aromatic heterocycles. The van der Waals surface area contributed by atoms with Gasteiger partial charge >= 0.3 is 6.18 Å². The van der Waals surface area contributed by atoms with Crippen molar-refractivity contribution in [1.82, 2.24) is 4.98 Å². The lowest BCUT2D eigenvalue weighted by Crippen LogP contribution is -2.25. The van der Waals surface area contributed by atoms with Gasteiger partial charge in [-0.05, 0) is 17.7 Å². The highest BCUT2D eigenvalue weighted by Crippen LogP contribution is 2.43. The number of fused-ring (bicyclic) bond motifs is 1. The molecule has 24 heavy (non-hydrogen) atoms. The zero-order valence-corrected chi connectivity index (χ0v) is 12.1. The third-order valence-electron chi connectivity index (χ3n) is 3.98. The molecule has 5 nitrogen and oxygen atoms in total. The molecule has 8 heteroatoms. The van der Waals surface area contributed by atoms with Crippen molar-refractivity contribution in [3.8, 4) is 0 Å².